The second-order valence-electron chi connectivity index (χ2n) is 2.48. The molecule has 0 amide bonds. The van der Waals surface area contributed by atoms with Crippen molar-refractivity contribution in [2.45, 2.75) is 0 Å². The SMILES string of the molecule is Cn1nnnc1-c1ccncc1I. The largest absolute Gasteiger partial charge is 0.264 e. The first-order valence-electron chi connectivity index (χ1n) is 3.61. The third kappa shape index (κ3) is 1.53. The zero-order valence-electron chi connectivity index (χ0n) is 6.85. The predicted octanol–water partition coefficient (Wildman–Crippen LogP) is 0.877. The summed E-state index contributed by atoms with van der Waals surface area (Å²) in [5.41, 5.74) is 1.00. The Morgan fingerprint density at radius 3 is 2.92 bits per heavy atom. The highest BCUT2D eigenvalue weighted by Gasteiger charge is 2.08. The Morgan fingerprint density at radius 1 is 1.46 bits per heavy atom. The van der Waals surface area contributed by atoms with Crippen LogP contribution in [-0.4, -0.2) is 25.2 Å². The maximum Gasteiger partial charge on any atom is 0.182 e. The molecule has 0 spiro atoms. The standard InChI is InChI=1S/C7H6IN5/c1-13-7(10-11-12-13)5-2-3-9-4-6(5)8/h2-4H,1H3. The number of rotatable bonds is 1. The normalized spacial score (nSPS) is 10.3. The number of aromatic nitrogens is 5. The molecule has 6 heteroatoms. The van der Waals surface area contributed by atoms with Crippen molar-refractivity contribution in [2.75, 3.05) is 0 Å². The van der Waals surface area contributed by atoms with Crippen molar-refractivity contribution in [3.63, 3.8) is 0 Å². The third-order valence-corrected chi connectivity index (χ3v) is 2.49. The van der Waals surface area contributed by atoms with E-state index in [4.69, 9.17) is 0 Å². The maximum atomic E-state index is 4.00. The maximum absolute atomic E-state index is 4.00. The Balaban J connectivity index is 2.59. The zero-order chi connectivity index (χ0) is 9.26. The van der Waals surface area contributed by atoms with E-state index in [1.165, 1.54) is 0 Å². The lowest BCUT2D eigenvalue weighted by molar-refractivity contribution is 0.714. The van der Waals surface area contributed by atoms with Crippen LogP contribution in [0.3, 0.4) is 0 Å². The predicted molar refractivity (Wildman–Crippen MR) is 54.7 cm³/mol. The fraction of sp³-hybridized carbons (Fsp3) is 0.143. The Hall–Kier alpha value is -1.05. The van der Waals surface area contributed by atoms with Crippen LogP contribution in [0.2, 0.25) is 0 Å². The lowest BCUT2D eigenvalue weighted by atomic mass is 10.2. The smallest absolute Gasteiger partial charge is 0.182 e. The molecule has 2 rings (SSSR count). The molecule has 5 nitrogen and oxygen atoms in total. The zero-order valence-corrected chi connectivity index (χ0v) is 9.00. The first-order valence-corrected chi connectivity index (χ1v) is 4.69. The minimum Gasteiger partial charge on any atom is -0.264 e. The highest BCUT2D eigenvalue weighted by atomic mass is 127. The van der Waals surface area contributed by atoms with Gasteiger partial charge in [-0.25, -0.2) is 4.68 Å². The molecule has 0 fully saturated rings. The second-order valence-corrected chi connectivity index (χ2v) is 3.64. The summed E-state index contributed by atoms with van der Waals surface area (Å²) < 4.78 is 2.68. The van der Waals surface area contributed by atoms with Crippen LogP contribution >= 0.6 is 22.6 Å². The van der Waals surface area contributed by atoms with Crippen LogP contribution in [0.1, 0.15) is 0 Å². The van der Waals surface area contributed by atoms with Crippen molar-refractivity contribution in [3.05, 3.63) is 22.0 Å². The molecule has 0 aliphatic carbocycles. The van der Waals surface area contributed by atoms with E-state index < -0.39 is 0 Å². The van der Waals surface area contributed by atoms with Gasteiger partial charge < -0.3 is 0 Å². The second kappa shape index (κ2) is 3.36. The van der Waals surface area contributed by atoms with E-state index in [1.807, 2.05) is 13.1 Å². The number of halogens is 1. The summed E-state index contributed by atoms with van der Waals surface area (Å²) >= 11 is 2.21. The minimum absolute atomic E-state index is 0.756. The fourth-order valence-electron chi connectivity index (χ4n) is 1.01. The Kier molecular flexibility index (Phi) is 2.21. The Labute approximate surface area is 88.3 Å². The molecule has 2 aromatic rings. The number of tetrazole rings is 1. The van der Waals surface area contributed by atoms with Crippen LogP contribution in [0.5, 0.6) is 0 Å². The molecule has 0 bridgehead atoms. The lowest BCUT2D eigenvalue weighted by Crippen LogP contribution is -1.96. The van der Waals surface area contributed by atoms with Gasteiger partial charge in [0.25, 0.3) is 0 Å². The summed E-state index contributed by atoms with van der Waals surface area (Å²) in [4.78, 5) is 4.00. The summed E-state index contributed by atoms with van der Waals surface area (Å²) in [6.07, 6.45) is 3.51. The Morgan fingerprint density at radius 2 is 2.31 bits per heavy atom. The Bertz CT molecular complexity index is 424. The molecular formula is C7H6IN5. The van der Waals surface area contributed by atoms with E-state index in [2.05, 4.69) is 43.1 Å². The van der Waals surface area contributed by atoms with E-state index in [9.17, 15) is 0 Å². The summed E-state index contributed by atoms with van der Waals surface area (Å²) in [6, 6.07) is 1.90. The molecular weight excluding hydrogens is 281 g/mol. The van der Waals surface area contributed by atoms with Crippen molar-refractivity contribution in [2.24, 2.45) is 7.05 Å². The lowest BCUT2D eigenvalue weighted by Gasteiger charge is -1.99. The van der Waals surface area contributed by atoms with E-state index >= 15 is 0 Å². The topological polar surface area (TPSA) is 56.5 Å². The van der Waals surface area contributed by atoms with Gasteiger partial charge in [0.1, 0.15) is 0 Å². The summed E-state index contributed by atoms with van der Waals surface area (Å²) in [6.45, 7) is 0. The van der Waals surface area contributed by atoms with Crippen LogP contribution in [0, 0.1) is 3.57 Å². The molecule has 0 N–H and O–H groups in total. The van der Waals surface area contributed by atoms with Gasteiger partial charge in [0.15, 0.2) is 5.82 Å². The molecule has 0 aliphatic rings. The molecule has 0 atom stereocenters. The van der Waals surface area contributed by atoms with Gasteiger partial charge in [-0.15, -0.1) is 5.10 Å². The molecule has 13 heavy (non-hydrogen) atoms. The summed E-state index contributed by atoms with van der Waals surface area (Å²) in [7, 11) is 1.81. The highest BCUT2D eigenvalue weighted by molar-refractivity contribution is 14.1. The number of nitrogens with zero attached hydrogens (tertiary/aromatic N) is 5. The van der Waals surface area contributed by atoms with Crippen LogP contribution in [0.25, 0.3) is 11.4 Å². The van der Waals surface area contributed by atoms with Crippen molar-refractivity contribution in [1.82, 2.24) is 25.2 Å². The first-order chi connectivity index (χ1) is 6.29. The molecule has 0 unspecified atom stereocenters. The highest BCUT2D eigenvalue weighted by Crippen LogP contribution is 2.20. The van der Waals surface area contributed by atoms with Gasteiger partial charge in [-0.3, -0.25) is 4.98 Å². The molecule has 2 heterocycles. The summed E-state index contributed by atoms with van der Waals surface area (Å²) in [5.74, 6) is 0.756. The molecule has 66 valence electrons. The van der Waals surface area contributed by atoms with Crippen LogP contribution in [0.15, 0.2) is 18.5 Å². The van der Waals surface area contributed by atoms with Gasteiger partial charge in [-0.05, 0) is 39.1 Å². The van der Waals surface area contributed by atoms with E-state index in [-0.39, 0.29) is 0 Å². The molecule has 0 radical (unpaired) electrons. The first kappa shape index (κ1) is 8.54. The van der Waals surface area contributed by atoms with Gasteiger partial charge in [-0.1, -0.05) is 0 Å². The van der Waals surface area contributed by atoms with Gasteiger partial charge in [0.05, 0.1) is 0 Å². The van der Waals surface area contributed by atoms with Crippen molar-refractivity contribution in [3.8, 4) is 11.4 Å². The quantitative estimate of drug-likeness (QED) is 0.730. The average molecular weight is 287 g/mol. The number of aryl methyl sites for hydroxylation is 1. The molecule has 2 aromatic heterocycles. The van der Waals surface area contributed by atoms with Gasteiger partial charge in [0, 0.05) is 28.6 Å². The third-order valence-electron chi connectivity index (χ3n) is 1.63. The van der Waals surface area contributed by atoms with E-state index in [0.29, 0.717) is 0 Å². The van der Waals surface area contributed by atoms with Crippen molar-refractivity contribution >= 4 is 22.6 Å². The van der Waals surface area contributed by atoms with Gasteiger partial charge in [0.2, 0.25) is 0 Å². The van der Waals surface area contributed by atoms with Crippen molar-refractivity contribution in [1.29, 1.82) is 0 Å². The molecule has 0 aromatic carbocycles. The summed E-state index contributed by atoms with van der Waals surface area (Å²) in [5, 5.41) is 11.3. The van der Waals surface area contributed by atoms with Gasteiger partial charge in [-0.2, -0.15) is 0 Å². The van der Waals surface area contributed by atoms with Crippen LogP contribution in [-0.2, 0) is 7.05 Å². The van der Waals surface area contributed by atoms with Crippen LogP contribution in [0.4, 0.5) is 0 Å². The monoisotopic (exact) mass is 287 g/mol. The minimum atomic E-state index is 0.756. The fourth-order valence-corrected chi connectivity index (χ4v) is 1.60. The number of hydrogen-bond acceptors (Lipinski definition) is 4. The van der Waals surface area contributed by atoms with E-state index in [0.717, 1.165) is 15.0 Å². The number of hydrogen-bond donors (Lipinski definition) is 0. The number of pyridine rings is 1. The van der Waals surface area contributed by atoms with Crippen LogP contribution < -0.4 is 0 Å². The average Bonchev–Trinajstić information content (AvgIpc) is 2.52. The van der Waals surface area contributed by atoms with Crippen molar-refractivity contribution < 1.29 is 0 Å². The molecule has 0 saturated heterocycles. The molecule has 0 aliphatic heterocycles. The van der Waals surface area contributed by atoms with Gasteiger partial charge >= 0.3 is 0 Å². The van der Waals surface area contributed by atoms with E-state index in [1.54, 1.807) is 17.1 Å². The molecule has 0 saturated carbocycles.